The average Bonchev–Trinajstić information content (AvgIpc) is 3.32. The van der Waals surface area contributed by atoms with Crippen molar-refractivity contribution in [2.24, 2.45) is 4.99 Å². The Morgan fingerprint density at radius 1 is 0.929 bits per heavy atom. The summed E-state index contributed by atoms with van der Waals surface area (Å²) in [5, 5.41) is 3.28. The molecule has 3 aromatic carbocycles. The Bertz CT molecular complexity index is 1490. The second-order valence-electron chi connectivity index (χ2n) is 11.5. The standard InChI is InChI=1S/C35H39BrN2O3S/c1-2-40-31-20-26(30(36)22-32(31)41-23-25-14-11-13-24-12-9-10-19-29(24)25)21-33-34(39)38(28-17-7-4-8-18-28)35(42-33)37-27-15-5-3-6-16-27/h9-14,19-22,27-28H,2-8,15-18,23H2,1H3. The summed E-state index contributed by atoms with van der Waals surface area (Å²) in [7, 11) is 0. The number of halogens is 1. The molecule has 1 aliphatic heterocycles. The first-order chi connectivity index (χ1) is 20.6. The molecule has 0 radical (unpaired) electrons. The number of ether oxygens (including phenoxy) is 2. The highest BCUT2D eigenvalue weighted by molar-refractivity contribution is 9.10. The van der Waals surface area contributed by atoms with E-state index in [1.54, 1.807) is 11.8 Å². The van der Waals surface area contributed by atoms with Crippen molar-refractivity contribution in [2.45, 2.75) is 89.8 Å². The van der Waals surface area contributed by atoms with Gasteiger partial charge in [0.25, 0.3) is 5.91 Å². The predicted molar refractivity (Wildman–Crippen MR) is 177 cm³/mol. The summed E-state index contributed by atoms with van der Waals surface area (Å²) in [6, 6.07) is 19.2. The molecular formula is C35H39BrN2O3S. The number of thioether (sulfide) groups is 1. The van der Waals surface area contributed by atoms with E-state index in [1.165, 1.54) is 49.3 Å². The van der Waals surface area contributed by atoms with E-state index < -0.39 is 0 Å². The van der Waals surface area contributed by atoms with Crippen LogP contribution in [-0.4, -0.2) is 34.7 Å². The van der Waals surface area contributed by atoms with Crippen LogP contribution in [0.15, 0.2) is 69.0 Å². The highest BCUT2D eigenvalue weighted by Gasteiger charge is 2.39. The minimum absolute atomic E-state index is 0.0857. The Labute approximate surface area is 261 Å². The number of benzene rings is 3. The van der Waals surface area contributed by atoms with Crippen LogP contribution in [0.25, 0.3) is 16.8 Å². The summed E-state index contributed by atoms with van der Waals surface area (Å²) in [6.45, 7) is 2.92. The van der Waals surface area contributed by atoms with Crippen LogP contribution in [0.3, 0.4) is 0 Å². The van der Waals surface area contributed by atoms with Crippen LogP contribution in [0.5, 0.6) is 11.5 Å². The van der Waals surface area contributed by atoms with E-state index in [1.807, 2.05) is 30.0 Å². The number of amides is 1. The summed E-state index contributed by atoms with van der Waals surface area (Å²) in [4.78, 5) is 21.8. The number of hydrogen-bond donors (Lipinski definition) is 0. The van der Waals surface area contributed by atoms with Gasteiger partial charge < -0.3 is 9.47 Å². The van der Waals surface area contributed by atoms with Crippen LogP contribution in [0.2, 0.25) is 0 Å². The molecule has 42 heavy (non-hydrogen) atoms. The van der Waals surface area contributed by atoms with Gasteiger partial charge in [-0.05, 0) is 84.5 Å². The fourth-order valence-corrected chi connectivity index (χ4v) is 7.90. The van der Waals surface area contributed by atoms with E-state index in [9.17, 15) is 4.79 Å². The second kappa shape index (κ2) is 13.7. The van der Waals surface area contributed by atoms with Crippen LogP contribution in [-0.2, 0) is 11.4 Å². The summed E-state index contributed by atoms with van der Waals surface area (Å²) >= 11 is 5.31. The Morgan fingerprint density at radius 3 is 2.43 bits per heavy atom. The number of aliphatic imine (C=N–C) groups is 1. The largest absolute Gasteiger partial charge is 0.490 e. The lowest BCUT2D eigenvalue weighted by Gasteiger charge is -2.31. The van der Waals surface area contributed by atoms with Crippen molar-refractivity contribution >= 4 is 55.6 Å². The zero-order valence-electron chi connectivity index (χ0n) is 24.3. The number of rotatable bonds is 8. The number of nitrogens with zero attached hydrogens (tertiary/aromatic N) is 2. The normalized spacial score (nSPS) is 20.6. The maximum atomic E-state index is 13.9. The van der Waals surface area contributed by atoms with Crippen molar-refractivity contribution in [1.29, 1.82) is 0 Å². The average molecular weight is 648 g/mol. The molecule has 2 saturated carbocycles. The van der Waals surface area contributed by atoms with Gasteiger partial charge in [0.1, 0.15) is 6.61 Å². The topological polar surface area (TPSA) is 51.1 Å². The van der Waals surface area contributed by atoms with E-state index in [2.05, 4.69) is 58.4 Å². The molecule has 3 aromatic rings. The summed E-state index contributed by atoms with van der Waals surface area (Å²) in [6.07, 6.45) is 13.7. The molecule has 0 spiro atoms. The van der Waals surface area contributed by atoms with Gasteiger partial charge in [0, 0.05) is 10.5 Å². The van der Waals surface area contributed by atoms with Gasteiger partial charge >= 0.3 is 0 Å². The zero-order valence-corrected chi connectivity index (χ0v) is 26.7. The van der Waals surface area contributed by atoms with Crippen molar-refractivity contribution in [2.75, 3.05) is 6.61 Å². The van der Waals surface area contributed by atoms with Crippen molar-refractivity contribution in [3.63, 3.8) is 0 Å². The van der Waals surface area contributed by atoms with Gasteiger partial charge in [-0.25, -0.2) is 0 Å². The number of amidine groups is 1. The summed E-state index contributed by atoms with van der Waals surface area (Å²) in [5.41, 5.74) is 2.02. The second-order valence-corrected chi connectivity index (χ2v) is 13.3. The van der Waals surface area contributed by atoms with E-state index in [-0.39, 0.29) is 11.9 Å². The lowest BCUT2D eigenvalue weighted by molar-refractivity contribution is -0.124. The third kappa shape index (κ3) is 6.57. The SMILES string of the molecule is CCOc1cc(C=C2SC(=NC3CCCCC3)N(C3CCCCC3)C2=O)c(Br)cc1OCc1cccc2ccccc12. The van der Waals surface area contributed by atoms with Gasteiger partial charge in [0.2, 0.25) is 0 Å². The highest BCUT2D eigenvalue weighted by atomic mass is 79.9. The minimum Gasteiger partial charge on any atom is -0.490 e. The molecule has 0 unspecified atom stereocenters. The molecule has 2 aliphatic carbocycles. The molecule has 220 valence electrons. The number of carbonyl (C=O) groups is 1. The lowest BCUT2D eigenvalue weighted by atomic mass is 9.94. The molecule has 1 heterocycles. The van der Waals surface area contributed by atoms with Gasteiger partial charge in [0.15, 0.2) is 16.7 Å². The van der Waals surface area contributed by atoms with Crippen molar-refractivity contribution in [3.05, 3.63) is 75.1 Å². The molecule has 6 rings (SSSR count). The van der Waals surface area contributed by atoms with Crippen LogP contribution in [0.1, 0.15) is 82.3 Å². The number of fused-ring (bicyclic) bond motifs is 1. The molecule has 3 fully saturated rings. The molecule has 7 heteroatoms. The van der Waals surface area contributed by atoms with Crippen LogP contribution >= 0.6 is 27.7 Å². The van der Waals surface area contributed by atoms with Gasteiger partial charge in [-0.3, -0.25) is 14.7 Å². The number of carbonyl (C=O) groups excluding carboxylic acids is 1. The van der Waals surface area contributed by atoms with Gasteiger partial charge in [-0.1, -0.05) is 96.9 Å². The van der Waals surface area contributed by atoms with E-state index in [0.717, 1.165) is 51.4 Å². The Hall–Kier alpha value is -2.77. The molecule has 0 bridgehead atoms. The van der Waals surface area contributed by atoms with E-state index in [0.29, 0.717) is 30.8 Å². The third-order valence-electron chi connectivity index (χ3n) is 8.56. The van der Waals surface area contributed by atoms with Crippen LogP contribution < -0.4 is 9.47 Å². The van der Waals surface area contributed by atoms with Crippen molar-refractivity contribution in [3.8, 4) is 11.5 Å². The van der Waals surface area contributed by atoms with Gasteiger partial charge in [-0.15, -0.1) is 0 Å². The first-order valence-corrected chi connectivity index (χ1v) is 17.1. The Balaban J connectivity index is 1.27. The highest BCUT2D eigenvalue weighted by Crippen LogP contribution is 2.41. The van der Waals surface area contributed by atoms with Crippen molar-refractivity contribution in [1.82, 2.24) is 4.90 Å². The predicted octanol–water partition coefficient (Wildman–Crippen LogP) is 9.52. The van der Waals surface area contributed by atoms with E-state index >= 15 is 0 Å². The molecule has 0 atom stereocenters. The van der Waals surface area contributed by atoms with Crippen molar-refractivity contribution < 1.29 is 14.3 Å². The molecule has 1 amide bonds. The molecule has 1 saturated heterocycles. The number of hydrogen-bond acceptors (Lipinski definition) is 5. The molecule has 5 nitrogen and oxygen atoms in total. The first kappa shape index (κ1) is 29.3. The molecule has 0 aromatic heterocycles. The van der Waals surface area contributed by atoms with Gasteiger partial charge in [-0.2, -0.15) is 0 Å². The van der Waals surface area contributed by atoms with Gasteiger partial charge in [0.05, 0.1) is 17.6 Å². The molecular weight excluding hydrogens is 608 g/mol. The lowest BCUT2D eigenvalue weighted by Crippen LogP contribution is -2.41. The van der Waals surface area contributed by atoms with E-state index in [4.69, 9.17) is 14.5 Å². The maximum absolute atomic E-state index is 13.9. The smallest absolute Gasteiger partial charge is 0.267 e. The third-order valence-corrected chi connectivity index (χ3v) is 10.2. The maximum Gasteiger partial charge on any atom is 0.267 e. The first-order valence-electron chi connectivity index (χ1n) is 15.5. The fraction of sp³-hybridized carbons (Fsp3) is 0.429. The summed E-state index contributed by atoms with van der Waals surface area (Å²) < 4.78 is 13.2. The monoisotopic (exact) mass is 646 g/mol. The quantitative estimate of drug-likeness (QED) is 0.229. The Kier molecular flexibility index (Phi) is 9.55. The fourth-order valence-electron chi connectivity index (χ4n) is 6.36. The molecule has 0 N–H and O–H groups in total. The zero-order chi connectivity index (χ0) is 28.9. The minimum atomic E-state index is 0.0857. The molecule has 3 aliphatic rings. The summed E-state index contributed by atoms with van der Waals surface area (Å²) in [5.74, 6) is 1.43. The van der Waals surface area contributed by atoms with Crippen LogP contribution in [0, 0.1) is 0 Å². The Morgan fingerprint density at radius 2 is 1.64 bits per heavy atom. The van der Waals surface area contributed by atoms with Crippen LogP contribution in [0.4, 0.5) is 0 Å².